The van der Waals surface area contributed by atoms with Crippen LogP contribution >= 0.6 is 15.9 Å². The normalized spacial score (nSPS) is 9.94. The van der Waals surface area contributed by atoms with Crippen LogP contribution in [0.15, 0.2) is 22.7 Å². The van der Waals surface area contributed by atoms with Crippen molar-refractivity contribution in [2.75, 3.05) is 13.2 Å². The number of rotatable bonds is 5. The summed E-state index contributed by atoms with van der Waals surface area (Å²) in [5.41, 5.74) is 0. The molecule has 0 fully saturated rings. The second-order valence-electron chi connectivity index (χ2n) is 3.21. The number of hydrogen-bond acceptors (Lipinski definition) is 2. The predicted octanol–water partition coefficient (Wildman–Crippen LogP) is 2.49. The molecule has 0 unspecified atom stereocenters. The molecule has 1 amide bonds. The summed E-state index contributed by atoms with van der Waals surface area (Å²) in [6, 6.07) is 4.08. The van der Waals surface area contributed by atoms with E-state index < -0.39 is 5.82 Å². The van der Waals surface area contributed by atoms with Crippen LogP contribution in [-0.4, -0.2) is 19.1 Å². The third-order valence-electron chi connectivity index (χ3n) is 1.82. The van der Waals surface area contributed by atoms with E-state index in [-0.39, 0.29) is 12.5 Å². The first-order valence-corrected chi connectivity index (χ1v) is 5.77. The average molecular weight is 290 g/mol. The van der Waals surface area contributed by atoms with Crippen molar-refractivity contribution >= 4 is 21.8 Å². The van der Waals surface area contributed by atoms with E-state index >= 15 is 0 Å². The Bertz CT molecular complexity index is 371. The van der Waals surface area contributed by atoms with Crippen molar-refractivity contribution in [3.8, 4) is 5.75 Å². The Morgan fingerprint density at radius 2 is 2.31 bits per heavy atom. The van der Waals surface area contributed by atoms with Gasteiger partial charge in [-0.3, -0.25) is 4.79 Å². The molecule has 0 aromatic heterocycles. The van der Waals surface area contributed by atoms with Gasteiger partial charge in [0.1, 0.15) is 11.6 Å². The molecule has 0 atom stereocenters. The highest BCUT2D eigenvalue weighted by molar-refractivity contribution is 9.10. The van der Waals surface area contributed by atoms with Crippen LogP contribution in [0.1, 0.15) is 13.3 Å². The summed E-state index contributed by atoms with van der Waals surface area (Å²) in [5, 5.41) is 2.66. The zero-order valence-electron chi connectivity index (χ0n) is 8.93. The third-order valence-corrected chi connectivity index (χ3v) is 2.48. The summed E-state index contributed by atoms with van der Waals surface area (Å²) in [5.74, 6) is -0.281. The van der Waals surface area contributed by atoms with Crippen LogP contribution in [0.5, 0.6) is 5.75 Å². The lowest BCUT2D eigenvalue weighted by Crippen LogP contribution is -2.29. The Morgan fingerprint density at radius 1 is 1.56 bits per heavy atom. The fourth-order valence-corrected chi connectivity index (χ4v) is 1.41. The van der Waals surface area contributed by atoms with Crippen LogP contribution in [0.4, 0.5) is 4.39 Å². The van der Waals surface area contributed by atoms with E-state index in [0.29, 0.717) is 16.8 Å². The van der Waals surface area contributed by atoms with Gasteiger partial charge in [-0.15, -0.1) is 0 Å². The number of nitrogens with one attached hydrogen (secondary N) is 1. The second kappa shape index (κ2) is 6.48. The van der Waals surface area contributed by atoms with Gasteiger partial charge < -0.3 is 10.1 Å². The molecule has 0 spiro atoms. The highest BCUT2D eigenvalue weighted by Crippen LogP contribution is 2.25. The molecular weight excluding hydrogens is 277 g/mol. The molecule has 0 bridgehead atoms. The Balaban J connectivity index is 2.47. The molecule has 3 nitrogen and oxygen atoms in total. The van der Waals surface area contributed by atoms with Gasteiger partial charge in [0.2, 0.25) is 0 Å². The van der Waals surface area contributed by atoms with E-state index in [1.54, 1.807) is 0 Å². The minimum Gasteiger partial charge on any atom is -0.482 e. The minimum atomic E-state index is -0.396. The van der Waals surface area contributed by atoms with E-state index in [4.69, 9.17) is 4.74 Å². The smallest absolute Gasteiger partial charge is 0.257 e. The number of ether oxygens (including phenoxy) is 1. The number of carbonyl (C=O) groups is 1. The summed E-state index contributed by atoms with van der Waals surface area (Å²) in [4.78, 5) is 11.2. The maximum Gasteiger partial charge on any atom is 0.257 e. The van der Waals surface area contributed by atoms with Crippen LogP contribution in [0.3, 0.4) is 0 Å². The molecule has 1 rings (SSSR count). The lowest BCUT2D eigenvalue weighted by atomic mass is 10.3. The van der Waals surface area contributed by atoms with Gasteiger partial charge in [0, 0.05) is 12.6 Å². The van der Waals surface area contributed by atoms with Crippen molar-refractivity contribution in [1.82, 2.24) is 5.32 Å². The summed E-state index contributed by atoms with van der Waals surface area (Å²) < 4.78 is 18.7. The maximum absolute atomic E-state index is 12.9. The van der Waals surface area contributed by atoms with Gasteiger partial charge in [-0.2, -0.15) is 0 Å². The lowest BCUT2D eigenvalue weighted by molar-refractivity contribution is -0.123. The number of benzene rings is 1. The van der Waals surface area contributed by atoms with Crippen LogP contribution in [-0.2, 0) is 4.79 Å². The van der Waals surface area contributed by atoms with Crippen LogP contribution in [0.2, 0.25) is 0 Å². The Labute approximate surface area is 102 Å². The largest absolute Gasteiger partial charge is 0.482 e. The molecule has 0 aliphatic carbocycles. The molecular formula is C11H13BrFNO2. The summed E-state index contributed by atoms with van der Waals surface area (Å²) in [6.45, 7) is 2.47. The van der Waals surface area contributed by atoms with Crippen LogP contribution < -0.4 is 10.1 Å². The Hall–Kier alpha value is -1.10. The second-order valence-corrected chi connectivity index (χ2v) is 4.07. The molecule has 0 saturated carbocycles. The number of hydrogen-bond donors (Lipinski definition) is 1. The van der Waals surface area contributed by atoms with E-state index in [0.717, 1.165) is 6.42 Å². The SMILES string of the molecule is CCCNC(=O)COc1cc(F)ccc1Br. The zero-order chi connectivity index (χ0) is 12.0. The molecule has 0 heterocycles. The molecule has 16 heavy (non-hydrogen) atoms. The molecule has 88 valence electrons. The highest BCUT2D eigenvalue weighted by atomic mass is 79.9. The van der Waals surface area contributed by atoms with Gasteiger partial charge in [-0.25, -0.2) is 4.39 Å². The van der Waals surface area contributed by atoms with E-state index in [1.807, 2.05) is 6.92 Å². The minimum absolute atomic E-state index is 0.109. The van der Waals surface area contributed by atoms with E-state index in [1.165, 1.54) is 18.2 Å². The van der Waals surface area contributed by atoms with Gasteiger partial charge in [0.15, 0.2) is 6.61 Å². The molecule has 1 aromatic rings. The monoisotopic (exact) mass is 289 g/mol. The third kappa shape index (κ3) is 4.18. The van der Waals surface area contributed by atoms with Crippen LogP contribution in [0.25, 0.3) is 0 Å². The van der Waals surface area contributed by atoms with E-state index in [2.05, 4.69) is 21.2 Å². The highest BCUT2D eigenvalue weighted by Gasteiger charge is 2.06. The van der Waals surface area contributed by atoms with Gasteiger partial charge in [-0.05, 0) is 34.5 Å². The van der Waals surface area contributed by atoms with Crippen molar-refractivity contribution in [1.29, 1.82) is 0 Å². The summed E-state index contributed by atoms with van der Waals surface area (Å²) in [7, 11) is 0. The first-order chi connectivity index (χ1) is 7.63. The quantitative estimate of drug-likeness (QED) is 0.904. The predicted molar refractivity (Wildman–Crippen MR) is 62.9 cm³/mol. The van der Waals surface area contributed by atoms with Crippen molar-refractivity contribution in [2.45, 2.75) is 13.3 Å². The van der Waals surface area contributed by atoms with Gasteiger partial charge in [0.25, 0.3) is 5.91 Å². The van der Waals surface area contributed by atoms with Crippen molar-refractivity contribution in [3.63, 3.8) is 0 Å². The summed E-state index contributed by atoms with van der Waals surface area (Å²) >= 11 is 3.21. The fourth-order valence-electron chi connectivity index (χ4n) is 1.05. The molecule has 5 heteroatoms. The first-order valence-electron chi connectivity index (χ1n) is 4.98. The number of halogens is 2. The molecule has 0 aliphatic heterocycles. The summed E-state index contributed by atoms with van der Waals surface area (Å²) in [6.07, 6.45) is 0.870. The first kappa shape index (κ1) is 13.0. The zero-order valence-corrected chi connectivity index (χ0v) is 10.5. The number of carbonyl (C=O) groups excluding carboxylic acids is 1. The molecule has 1 aromatic carbocycles. The van der Waals surface area contributed by atoms with Crippen molar-refractivity contribution in [3.05, 3.63) is 28.5 Å². The molecule has 0 aliphatic rings. The lowest BCUT2D eigenvalue weighted by Gasteiger charge is -2.08. The molecule has 0 saturated heterocycles. The molecule has 1 N–H and O–H groups in total. The van der Waals surface area contributed by atoms with Crippen LogP contribution in [0, 0.1) is 5.82 Å². The number of amides is 1. The fraction of sp³-hybridized carbons (Fsp3) is 0.364. The maximum atomic E-state index is 12.9. The topological polar surface area (TPSA) is 38.3 Å². The Kier molecular flexibility index (Phi) is 5.25. The van der Waals surface area contributed by atoms with Gasteiger partial charge in [0.05, 0.1) is 4.47 Å². The Morgan fingerprint density at radius 3 is 3.00 bits per heavy atom. The van der Waals surface area contributed by atoms with Gasteiger partial charge in [-0.1, -0.05) is 6.92 Å². The van der Waals surface area contributed by atoms with Gasteiger partial charge >= 0.3 is 0 Å². The average Bonchev–Trinajstić information content (AvgIpc) is 2.27. The van der Waals surface area contributed by atoms with E-state index in [9.17, 15) is 9.18 Å². The standard InChI is InChI=1S/C11H13BrFNO2/c1-2-5-14-11(15)7-16-10-6-8(13)3-4-9(10)12/h3-4,6H,2,5,7H2,1H3,(H,14,15). The van der Waals surface area contributed by atoms with Crippen molar-refractivity contribution < 1.29 is 13.9 Å². The molecule has 0 radical (unpaired) electrons. The van der Waals surface area contributed by atoms with Crippen molar-refractivity contribution in [2.24, 2.45) is 0 Å².